The molecule has 0 aromatic heterocycles. The van der Waals surface area contributed by atoms with Crippen LogP contribution in [0.25, 0.3) is 0 Å². The van der Waals surface area contributed by atoms with Gasteiger partial charge < -0.3 is 15.2 Å². The lowest BCUT2D eigenvalue weighted by atomic mass is 10.1. The average Bonchev–Trinajstić information content (AvgIpc) is 2.34. The Labute approximate surface area is 130 Å². The number of halogens is 2. The number of nitro benzene ring substituents is 1. The van der Waals surface area contributed by atoms with Crippen LogP contribution >= 0.6 is 27.5 Å². The van der Waals surface area contributed by atoms with E-state index >= 15 is 0 Å². The van der Waals surface area contributed by atoms with Gasteiger partial charge in [0.15, 0.2) is 0 Å². The number of likely N-dealkylation sites (N-methyl/N-ethyl adjacent to an activating group) is 1. The molecule has 1 aromatic rings. The average molecular weight is 368 g/mol. The molecule has 1 aromatic carbocycles. The highest BCUT2D eigenvalue weighted by atomic mass is 79.9. The SMILES string of the molecule is CCNCC(C)(O)COc1c(Br)cc(Cl)cc1[N+](=O)[O-]. The molecule has 0 radical (unpaired) electrons. The second-order valence-electron chi connectivity index (χ2n) is 4.56. The third-order valence-electron chi connectivity index (χ3n) is 2.47. The van der Waals surface area contributed by atoms with Crippen molar-refractivity contribution in [3.63, 3.8) is 0 Å². The van der Waals surface area contributed by atoms with E-state index in [1.165, 1.54) is 12.1 Å². The molecule has 0 aliphatic rings. The lowest BCUT2D eigenvalue weighted by Gasteiger charge is -2.23. The van der Waals surface area contributed by atoms with E-state index in [1.807, 2.05) is 6.92 Å². The summed E-state index contributed by atoms with van der Waals surface area (Å²) in [5, 5.41) is 24.3. The number of hydrogen-bond acceptors (Lipinski definition) is 5. The summed E-state index contributed by atoms with van der Waals surface area (Å²) >= 11 is 8.95. The molecule has 112 valence electrons. The van der Waals surface area contributed by atoms with Crippen molar-refractivity contribution < 1.29 is 14.8 Å². The van der Waals surface area contributed by atoms with Gasteiger partial charge in [0.25, 0.3) is 0 Å². The van der Waals surface area contributed by atoms with E-state index in [-0.39, 0.29) is 23.1 Å². The van der Waals surface area contributed by atoms with Crippen LogP contribution in [0.15, 0.2) is 16.6 Å². The maximum absolute atomic E-state index is 11.0. The van der Waals surface area contributed by atoms with Crippen molar-refractivity contribution in [1.82, 2.24) is 5.32 Å². The molecule has 20 heavy (non-hydrogen) atoms. The van der Waals surface area contributed by atoms with Crippen LogP contribution in [0, 0.1) is 10.1 Å². The molecule has 6 nitrogen and oxygen atoms in total. The monoisotopic (exact) mass is 366 g/mol. The van der Waals surface area contributed by atoms with Gasteiger partial charge in [-0.3, -0.25) is 10.1 Å². The van der Waals surface area contributed by atoms with Gasteiger partial charge in [0.1, 0.15) is 12.2 Å². The van der Waals surface area contributed by atoms with E-state index in [0.29, 0.717) is 17.6 Å². The molecule has 1 atom stereocenters. The second-order valence-corrected chi connectivity index (χ2v) is 5.85. The summed E-state index contributed by atoms with van der Waals surface area (Å²) in [5.41, 5.74) is -1.38. The van der Waals surface area contributed by atoms with Crippen LogP contribution < -0.4 is 10.1 Å². The minimum absolute atomic E-state index is 0.0520. The van der Waals surface area contributed by atoms with Crippen LogP contribution in [0.1, 0.15) is 13.8 Å². The van der Waals surface area contributed by atoms with Gasteiger partial charge in [0.05, 0.1) is 9.40 Å². The van der Waals surface area contributed by atoms with E-state index in [4.69, 9.17) is 16.3 Å². The Kier molecular flexibility index (Phi) is 6.19. The summed E-state index contributed by atoms with van der Waals surface area (Å²) in [5.74, 6) is 0.0520. The molecule has 0 heterocycles. The number of nitro groups is 1. The maximum atomic E-state index is 11.0. The van der Waals surface area contributed by atoms with Crippen molar-refractivity contribution in [1.29, 1.82) is 0 Å². The van der Waals surface area contributed by atoms with E-state index < -0.39 is 10.5 Å². The molecule has 0 aliphatic heterocycles. The largest absolute Gasteiger partial charge is 0.483 e. The third kappa shape index (κ3) is 4.90. The lowest BCUT2D eigenvalue weighted by Crippen LogP contribution is -2.42. The summed E-state index contributed by atoms with van der Waals surface area (Å²) in [6.07, 6.45) is 0. The van der Waals surface area contributed by atoms with Crippen LogP contribution in [0.5, 0.6) is 5.75 Å². The predicted octanol–water partition coefficient (Wildman–Crippen LogP) is 2.75. The lowest BCUT2D eigenvalue weighted by molar-refractivity contribution is -0.386. The third-order valence-corrected chi connectivity index (χ3v) is 3.28. The van der Waals surface area contributed by atoms with Crippen molar-refractivity contribution in [3.05, 3.63) is 31.7 Å². The number of ether oxygens (including phenoxy) is 1. The van der Waals surface area contributed by atoms with Crippen molar-refractivity contribution in [2.45, 2.75) is 19.4 Å². The summed E-state index contributed by atoms with van der Waals surface area (Å²) in [4.78, 5) is 10.4. The van der Waals surface area contributed by atoms with Gasteiger partial charge in [0.2, 0.25) is 5.75 Å². The van der Waals surface area contributed by atoms with Crippen LogP contribution in [-0.4, -0.2) is 35.3 Å². The fourth-order valence-corrected chi connectivity index (χ4v) is 2.41. The minimum atomic E-state index is -1.14. The standard InChI is InChI=1S/C12H16BrClN2O4/c1-3-15-6-12(2,17)7-20-11-9(13)4-8(14)5-10(11)16(18)19/h4-5,15,17H,3,6-7H2,1-2H3. The molecule has 2 N–H and O–H groups in total. The maximum Gasteiger partial charge on any atom is 0.313 e. The first-order chi connectivity index (χ1) is 9.26. The zero-order valence-corrected chi connectivity index (χ0v) is 13.5. The van der Waals surface area contributed by atoms with Gasteiger partial charge in [-0.1, -0.05) is 18.5 Å². The Bertz CT molecular complexity index is 497. The second kappa shape index (κ2) is 7.21. The Balaban J connectivity index is 2.89. The van der Waals surface area contributed by atoms with Crippen molar-refractivity contribution in [3.8, 4) is 5.75 Å². The molecule has 0 spiro atoms. The molecular formula is C12H16BrClN2O4. The van der Waals surface area contributed by atoms with Crippen LogP contribution in [0.3, 0.4) is 0 Å². The van der Waals surface area contributed by atoms with Gasteiger partial charge in [0, 0.05) is 17.6 Å². The zero-order valence-electron chi connectivity index (χ0n) is 11.2. The Morgan fingerprint density at radius 3 is 2.80 bits per heavy atom. The van der Waals surface area contributed by atoms with E-state index in [2.05, 4.69) is 21.2 Å². The first kappa shape index (κ1) is 17.2. The van der Waals surface area contributed by atoms with Crippen molar-refractivity contribution in [2.75, 3.05) is 19.7 Å². The van der Waals surface area contributed by atoms with Gasteiger partial charge in [-0.25, -0.2) is 0 Å². The predicted molar refractivity (Wildman–Crippen MR) is 80.5 cm³/mol. The van der Waals surface area contributed by atoms with Crippen molar-refractivity contribution in [2.24, 2.45) is 0 Å². The summed E-state index contributed by atoms with van der Waals surface area (Å²) < 4.78 is 5.78. The van der Waals surface area contributed by atoms with Crippen LogP contribution in [-0.2, 0) is 0 Å². The molecule has 1 unspecified atom stereocenters. The molecule has 8 heteroatoms. The van der Waals surface area contributed by atoms with Crippen molar-refractivity contribution >= 4 is 33.2 Å². The number of hydrogen-bond donors (Lipinski definition) is 2. The van der Waals surface area contributed by atoms with E-state index in [0.717, 1.165) is 0 Å². The fourth-order valence-electron chi connectivity index (χ4n) is 1.50. The highest BCUT2D eigenvalue weighted by molar-refractivity contribution is 9.10. The van der Waals surface area contributed by atoms with Gasteiger partial charge in [-0.2, -0.15) is 0 Å². The summed E-state index contributed by atoms with van der Waals surface area (Å²) in [6, 6.07) is 2.71. The Morgan fingerprint density at radius 2 is 2.25 bits per heavy atom. The normalized spacial score (nSPS) is 13.8. The zero-order chi connectivity index (χ0) is 15.3. The van der Waals surface area contributed by atoms with Gasteiger partial charge >= 0.3 is 5.69 Å². The highest BCUT2D eigenvalue weighted by Gasteiger charge is 2.25. The van der Waals surface area contributed by atoms with E-state index in [9.17, 15) is 15.2 Å². The first-order valence-electron chi connectivity index (χ1n) is 5.96. The van der Waals surface area contributed by atoms with Crippen LogP contribution in [0.4, 0.5) is 5.69 Å². The number of benzene rings is 1. The smallest absolute Gasteiger partial charge is 0.313 e. The fraction of sp³-hybridized carbons (Fsp3) is 0.500. The van der Waals surface area contributed by atoms with Crippen LogP contribution in [0.2, 0.25) is 5.02 Å². The highest BCUT2D eigenvalue weighted by Crippen LogP contribution is 2.38. The number of aliphatic hydroxyl groups is 1. The number of nitrogens with one attached hydrogen (secondary N) is 1. The van der Waals surface area contributed by atoms with Gasteiger partial charge in [-0.05, 0) is 35.5 Å². The molecule has 0 amide bonds. The topological polar surface area (TPSA) is 84.6 Å². The summed E-state index contributed by atoms with van der Waals surface area (Å²) in [6.45, 7) is 4.45. The van der Waals surface area contributed by atoms with E-state index in [1.54, 1.807) is 6.92 Å². The Hall–Kier alpha value is -0.890. The molecule has 0 aliphatic carbocycles. The molecule has 0 saturated heterocycles. The first-order valence-corrected chi connectivity index (χ1v) is 7.13. The minimum Gasteiger partial charge on any atom is -0.483 e. The number of rotatable bonds is 7. The molecule has 1 rings (SSSR count). The molecular weight excluding hydrogens is 351 g/mol. The molecule has 0 fully saturated rings. The van der Waals surface area contributed by atoms with Gasteiger partial charge in [-0.15, -0.1) is 0 Å². The Morgan fingerprint density at radius 1 is 1.60 bits per heavy atom. The molecule has 0 saturated carbocycles. The summed E-state index contributed by atoms with van der Waals surface area (Å²) in [7, 11) is 0. The molecule has 0 bridgehead atoms. The quantitative estimate of drug-likeness (QED) is 0.572. The number of nitrogens with zero attached hydrogens (tertiary/aromatic N) is 1.